The number of rotatable bonds is 7. The van der Waals surface area contributed by atoms with Gasteiger partial charge in [0, 0.05) is 11.6 Å². The van der Waals surface area contributed by atoms with Crippen molar-refractivity contribution in [1.29, 1.82) is 0 Å². The second-order valence-electron chi connectivity index (χ2n) is 5.09. The fraction of sp³-hybridized carbons (Fsp3) is 0.562. The molecule has 1 rings (SSSR count). The molecule has 1 aromatic carbocycles. The summed E-state index contributed by atoms with van der Waals surface area (Å²) in [5.41, 5.74) is 6.52. The van der Waals surface area contributed by atoms with Crippen molar-refractivity contribution < 1.29 is 14.3 Å². The van der Waals surface area contributed by atoms with Crippen molar-refractivity contribution in [2.75, 3.05) is 20.0 Å². The van der Waals surface area contributed by atoms with Crippen molar-refractivity contribution in [1.82, 2.24) is 5.32 Å². The molecule has 0 aliphatic rings. The zero-order chi connectivity index (χ0) is 16.0. The molecule has 1 aromatic rings. The summed E-state index contributed by atoms with van der Waals surface area (Å²) in [7, 11) is 3.06. The Hall–Kier alpha value is -1.91. The molecule has 3 N–H and O–H groups in total. The van der Waals surface area contributed by atoms with E-state index in [9.17, 15) is 4.79 Å². The Morgan fingerprint density at radius 2 is 1.71 bits per heavy atom. The van der Waals surface area contributed by atoms with Gasteiger partial charge in [-0.25, -0.2) is 0 Å². The van der Waals surface area contributed by atoms with Gasteiger partial charge in [0.2, 0.25) is 0 Å². The van der Waals surface area contributed by atoms with E-state index in [1.165, 1.54) is 7.11 Å². The summed E-state index contributed by atoms with van der Waals surface area (Å²) in [6, 6.07) is 3.30. The van der Waals surface area contributed by atoms with Gasteiger partial charge < -0.3 is 20.5 Å². The van der Waals surface area contributed by atoms with E-state index in [-0.39, 0.29) is 11.4 Å². The molecule has 5 nitrogen and oxygen atoms in total. The highest BCUT2D eigenvalue weighted by atomic mass is 16.5. The van der Waals surface area contributed by atoms with Crippen LogP contribution in [0.2, 0.25) is 0 Å². The Morgan fingerprint density at radius 1 is 1.14 bits per heavy atom. The number of anilines is 1. The minimum Gasteiger partial charge on any atom is -0.497 e. The molecule has 0 saturated carbocycles. The van der Waals surface area contributed by atoms with E-state index < -0.39 is 0 Å². The third kappa shape index (κ3) is 3.60. The summed E-state index contributed by atoms with van der Waals surface area (Å²) in [5.74, 6) is 0.783. The molecule has 21 heavy (non-hydrogen) atoms. The highest BCUT2D eigenvalue weighted by molar-refractivity contribution is 6.01. The summed E-state index contributed by atoms with van der Waals surface area (Å²) in [5, 5.41) is 3.11. The number of nitrogens with two attached hydrogens (primary N) is 1. The monoisotopic (exact) mass is 294 g/mol. The summed E-state index contributed by atoms with van der Waals surface area (Å²) in [6.45, 7) is 6.22. The molecule has 0 spiro atoms. The number of amides is 1. The van der Waals surface area contributed by atoms with E-state index in [0.29, 0.717) is 22.7 Å². The Labute approximate surface area is 126 Å². The fourth-order valence-electron chi connectivity index (χ4n) is 2.40. The normalized spacial score (nSPS) is 11.1. The number of nitrogen functional groups attached to an aromatic ring is 1. The maximum Gasteiger partial charge on any atom is 0.254 e. The Morgan fingerprint density at radius 3 is 2.14 bits per heavy atom. The topological polar surface area (TPSA) is 73.6 Å². The number of nitrogens with one attached hydrogen (secondary N) is 1. The van der Waals surface area contributed by atoms with E-state index in [1.807, 2.05) is 0 Å². The Kier molecular flexibility index (Phi) is 5.88. The number of carbonyl (C=O) groups is 1. The van der Waals surface area contributed by atoms with Gasteiger partial charge in [0.05, 0.1) is 25.5 Å². The van der Waals surface area contributed by atoms with Gasteiger partial charge in [-0.1, -0.05) is 20.8 Å². The van der Waals surface area contributed by atoms with Gasteiger partial charge >= 0.3 is 0 Å². The average Bonchev–Trinajstić information content (AvgIpc) is 2.52. The largest absolute Gasteiger partial charge is 0.497 e. The van der Waals surface area contributed by atoms with Crippen molar-refractivity contribution >= 4 is 11.6 Å². The zero-order valence-corrected chi connectivity index (χ0v) is 13.6. The summed E-state index contributed by atoms with van der Waals surface area (Å²) >= 11 is 0. The molecule has 0 bridgehead atoms. The molecule has 0 unspecified atom stereocenters. The summed E-state index contributed by atoms with van der Waals surface area (Å²) in [6.07, 6.45) is 2.60. The zero-order valence-electron chi connectivity index (χ0n) is 13.6. The first-order valence-electron chi connectivity index (χ1n) is 7.30. The van der Waals surface area contributed by atoms with Crippen LogP contribution in [-0.4, -0.2) is 25.7 Å². The molecular weight excluding hydrogens is 268 g/mol. The van der Waals surface area contributed by atoms with Gasteiger partial charge in [-0.15, -0.1) is 0 Å². The first kappa shape index (κ1) is 17.1. The van der Waals surface area contributed by atoms with Gasteiger partial charge in [0.1, 0.15) is 11.5 Å². The van der Waals surface area contributed by atoms with E-state index in [1.54, 1.807) is 19.2 Å². The van der Waals surface area contributed by atoms with Gasteiger partial charge in [0.25, 0.3) is 5.91 Å². The van der Waals surface area contributed by atoms with Crippen molar-refractivity contribution in [2.24, 2.45) is 0 Å². The van der Waals surface area contributed by atoms with Crippen molar-refractivity contribution in [3.8, 4) is 11.5 Å². The predicted molar refractivity (Wildman–Crippen MR) is 85.0 cm³/mol. The molecule has 0 heterocycles. The van der Waals surface area contributed by atoms with Crippen LogP contribution in [0.5, 0.6) is 11.5 Å². The third-order valence-electron chi connectivity index (χ3n) is 4.22. The van der Waals surface area contributed by atoms with Crippen molar-refractivity contribution in [2.45, 2.75) is 45.6 Å². The number of ether oxygens (including phenoxy) is 2. The van der Waals surface area contributed by atoms with Crippen LogP contribution in [0.4, 0.5) is 5.69 Å². The van der Waals surface area contributed by atoms with E-state index in [4.69, 9.17) is 15.2 Å². The number of benzene rings is 1. The Bertz CT molecular complexity index is 488. The van der Waals surface area contributed by atoms with Crippen LogP contribution in [0.3, 0.4) is 0 Å². The highest BCUT2D eigenvalue weighted by Gasteiger charge is 2.27. The lowest BCUT2D eigenvalue weighted by Crippen LogP contribution is -2.47. The first-order chi connectivity index (χ1) is 9.96. The number of carbonyl (C=O) groups excluding carboxylic acids is 1. The van der Waals surface area contributed by atoms with Gasteiger partial charge in [0.15, 0.2) is 0 Å². The van der Waals surface area contributed by atoms with E-state index in [0.717, 1.165) is 19.3 Å². The number of hydrogen-bond acceptors (Lipinski definition) is 4. The van der Waals surface area contributed by atoms with Crippen LogP contribution in [-0.2, 0) is 0 Å². The van der Waals surface area contributed by atoms with Crippen molar-refractivity contribution in [3.05, 3.63) is 17.7 Å². The van der Waals surface area contributed by atoms with Crippen LogP contribution in [0, 0.1) is 0 Å². The second kappa shape index (κ2) is 7.20. The van der Waals surface area contributed by atoms with Crippen LogP contribution < -0.4 is 20.5 Å². The van der Waals surface area contributed by atoms with Gasteiger partial charge in [-0.05, 0) is 25.3 Å². The molecule has 0 aliphatic carbocycles. The Balaban J connectivity index is 3.17. The second-order valence-corrected chi connectivity index (χ2v) is 5.09. The third-order valence-corrected chi connectivity index (χ3v) is 4.22. The standard InChI is InChI=1S/C16H26N2O3/c1-6-16(7-2,8-3)18-15(19)12-9-11(20-4)10-13(21-5)14(12)17/h9-10H,6-8,17H2,1-5H3,(H,18,19). The molecule has 1 amide bonds. The van der Waals surface area contributed by atoms with Crippen LogP contribution >= 0.6 is 0 Å². The molecule has 0 fully saturated rings. The summed E-state index contributed by atoms with van der Waals surface area (Å²) < 4.78 is 10.4. The van der Waals surface area contributed by atoms with Crippen LogP contribution in [0.1, 0.15) is 50.4 Å². The molecule has 0 saturated heterocycles. The minimum atomic E-state index is -0.208. The molecule has 0 aromatic heterocycles. The molecule has 0 aliphatic heterocycles. The first-order valence-corrected chi connectivity index (χ1v) is 7.30. The highest BCUT2D eigenvalue weighted by Crippen LogP contribution is 2.31. The molecule has 0 radical (unpaired) electrons. The molecule has 118 valence electrons. The van der Waals surface area contributed by atoms with Crippen molar-refractivity contribution in [3.63, 3.8) is 0 Å². The molecule has 5 heteroatoms. The SMILES string of the molecule is CCC(CC)(CC)NC(=O)c1cc(OC)cc(OC)c1N. The minimum absolute atomic E-state index is 0.199. The molecular formula is C16H26N2O3. The van der Waals surface area contributed by atoms with Gasteiger partial charge in [-0.3, -0.25) is 4.79 Å². The lowest BCUT2D eigenvalue weighted by Gasteiger charge is -2.32. The maximum atomic E-state index is 12.6. The number of hydrogen-bond donors (Lipinski definition) is 2. The average molecular weight is 294 g/mol. The number of methoxy groups -OCH3 is 2. The summed E-state index contributed by atoms with van der Waals surface area (Å²) in [4.78, 5) is 12.6. The molecule has 0 atom stereocenters. The van der Waals surface area contributed by atoms with Crippen LogP contribution in [0.15, 0.2) is 12.1 Å². The smallest absolute Gasteiger partial charge is 0.254 e. The predicted octanol–water partition coefficient (Wildman–Crippen LogP) is 2.98. The fourth-order valence-corrected chi connectivity index (χ4v) is 2.40. The van der Waals surface area contributed by atoms with E-state index >= 15 is 0 Å². The van der Waals surface area contributed by atoms with Crippen LogP contribution in [0.25, 0.3) is 0 Å². The van der Waals surface area contributed by atoms with E-state index in [2.05, 4.69) is 26.1 Å². The lowest BCUT2D eigenvalue weighted by molar-refractivity contribution is 0.0888. The lowest BCUT2D eigenvalue weighted by atomic mass is 9.89. The maximum absolute atomic E-state index is 12.6. The van der Waals surface area contributed by atoms with Gasteiger partial charge in [-0.2, -0.15) is 0 Å². The quantitative estimate of drug-likeness (QED) is 0.758.